The molecule has 1 aliphatic rings. The number of nitrogens with two attached hydrogens (primary N) is 1. The van der Waals surface area contributed by atoms with E-state index in [0.717, 1.165) is 11.4 Å². The Balaban J connectivity index is 2.09. The second kappa shape index (κ2) is 6.58. The first-order valence-electron chi connectivity index (χ1n) is 7.05. The molecule has 1 aliphatic heterocycles. The molecule has 0 spiro atoms. The van der Waals surface area contributed by atoms with E-state index in [-0.39, 0.29) is 18.2 Å². The predicted octanol–water partition coefficient (Wildman–Crippen LogP) is 1.06. The molecule has 1 heterocycles. The van der Waals surface area contributed by atoms with Gasteiger partial charge in [-0.25, -0.2) is 5.84 Å². The highest BCUT2D eigenvalue weighted by Gasteiger charge is 2.34. The Morgan fingerprint density at radius 1 is 1.52 bits per heavy atom. The Labute approximate surface area is 124 Å². The number of anilines is 1. The van der Waals surface area contributed by atoms with Gasteiger partial charge in [0.1, 0.15) is 5.75 Å². The maximum atomic E-state index is 12.0. The average molecular weight is 291 g/mol. The predicted molar refractivity (Wildman–Crippen MR) is 79.6 cm³/mol. The average Bonchev–Trinajstić information content (AvgIpc) is 2.86. The molecule has 0 aliphatic carbocycles. The van der Waals surface area contributed by atoms with Gasteiger partial charge in [0, 0.05) is 24.7 Å². The van der Waals surface area contributed by atoms with Crippen LogP contribution in [0.1, 0.15) is 20.3 Å². The van der Waals surface area contributed by atoms with Gasteiger partial charge in [-0.2, -0.15) is 0 Å². The van der Waals surface area contributed by atoms with E-state index in [4.69, 9.17) is 10.6 Å². The number of hydrogen-bond acceptors (Lipinski definition) is 4. The quantitative estimate of drug-likeness (QED) is 0.483. The van der Waals surface area contributed by atoms with Crippen molar-refractivity contribution < 1.29 is 14.3 Å². The summed E-state index contributed by atoms with van der Waals surface area (Å²) in [6, 6.07) is 7.36. The smallest absolute Gasteiger partial charge is 0.239 e. The van der Waals surface area contributed by atoms with Crippen LogP contribution in [0.5, 0.6) is 5.75 Å². The second-order valence-corrected chi connectivity index (χ2v) is 5.62. The minimum Gasteiger partial charge on any atom is -0.493 e. The molecule has 6 heteroatoms. The number of rotatable bonds is 5. The standard InChI is InChI=1S/C15H21N3O3/c1-10(2)9-21-13-5-3-4-12(7-13)18-8-11(6-14(18)19)15(20)17-16/h3-5,7,10-11H,6,8-9,16H2,1-2H3,(H,17,20). The number of hydrazine groups is 1. The van der Waals surface area contributed by atoms with Crippen LogP contribution in [-0.4, -0.2) is 25.0 Å². The minimum absolute atomic E-state index is 0.0791. The van der Waals surface area contributed by atoms with Crippen LogP contribution in [0.25, 0.3) is 0 Å². The molecule has 1 unspecified atom stereocenters. The van der Waals surface area contributed by atoms with E-state index < -0.39 is 5.92 Å². The van der Waals surface area contributed by atoms with Gasteiger partial charge in [0.15, 0.2) is 0 Å². The molecule has 0 radical (unpaired) electrons. The van der Waals surface area contributed by atoms with E-state index >= 15 is 0 Å². The summed E-state index contributed by atoms with van der Waals surface area (Å²) in [5, 5.41) is 0. The monoisotopic (exact) mass is 291 g/mol. The van der Waals surface area contributed by atoms with Crippen LogP contribution in [-0.2, 0) is 9.59 Å². The molecule has 1 fully saturated rings. The number of hydrogen-bond donors (Lipinski definition) is 2. The van der Waals surface area contributed by atoms with Gasteiger partial charge in [0.2, 0.25) is 11.8 Å². The molecule has 21 heavy (non-hydrogen) atoms. The third kappa shape index (κ3) is 3.72. The van der Waals surface area contributed by atoms with Crippen molar-refractivity contribution in [3.8, 4) is 5.75 Å². The zero-order valence-corrected chi connectivity index (χ0v) is 12.3. The van der Waals surface area contributed by atoms with Gasteiger partial charge in [-0.05, 0) is 18.1 Å². The molecule has 1 aromatic carbocycles. The summed E-state index contributed by atoms with van der Waals surface area (Å²) >= 11 is 0. The first kappa shape index (κ1) is 15.3. The maximum Gasteiger partial charge on any atom is 0.239 e. The highest BCUT2D eigenvalue weighted by atomic mass is 16.5. The summed E-state index contributed by atoms with van der Waals surface area (Å²) in [6.45, 7) is 5.11. The van der Waals surface area contributed by atoms with E-state index in [2.05, 4.69) is 19.3 Å². The summed E-state index contributed by atoms with van der Waals surface area (Å²) < 4.78 is 5.66. The fourth-order valence-electron chi connectivity index (χ4n) is 2.25. The molecule has 3 N–H and O–H groups in total. The van der Waals surface area contributed by atoms with Crippen LogP contribution in [0.3, 0.4) is 0 Å². The maximum absolute atomic E-state index is 12.0. The van der Waals surface area contributed by atoms with Gasteiger partial charge in [-0.15, -0.1) is 0 Å². The van der Waals surface area contributed by atoms with Crippen LogP contribution in [0.15, 0.2) is 24.3 Å². The lowest BCUT2D eigenvalue weighted by Crippen LogP contribution is -2.37. The van der Waals surface area contributed by atoms with Crippen molar-refractivity contribution in [1.82, 2.24) is 5.43 Å². The molecule has 2 amide bonds. The highest BCUT2D eigenvalue weighted by molar-refractivity contribution is 6.00. The normalized spacial score (nSPS) is 18.2. The molecular weight excluding hydrogens is 270 g/mol. The molecule has 0 aromatic heterocycles. The van der Waals surface area contributed by atoms with Crippen molar-refractivity contribution in [3.63, 3.8) is 0 Å². The van der Waals surface area contributed by atoms with Crippen LogP contribution < -0.4 is 20.9 Å². The van der Waals surface area contributed by atoms with Crippen molar-refractivity contribution in [2.24, 2.45) is 17.7 Å². The zero-order chi connectivity index (χ0) is 15.4. The van der Waals surface area contributed by atoms with Gasteiger partial charge in [0.05, 0.1) is 12.5 Å². The Morgan fingerprint density at radius 3 is 2.95 bits per heavy atom. The van der Waals surface area contributed by atoms with Gasteiger partial charge in [0.25, 0.3) is 0 Å². The van der Waals surface area contributed by atoms with Crippen LogP contribution in [0, 0.1) is 11.8 Å². The van der Waals surface area contributed by atoms with E-state index in [1.807, 2.05) is 24.3 Å². The lowest BCUT2D eigenvalue weighted by molar-refractivity contribution is -0.126. The largest absolute Gasteiger partial charge is 0.493 e. The summed E-state index contributed by atoms with van der Waals surface area (Å²) in [7, 11) is 0. The number of ether oxygens (including phenoxy) is 1. The van der Waals surface area contributed by atoms with Gasteiger partial charge in [-0.3, -0.25) is 15.0 Å². The molecule has 0 bridgehead atoms. The molecular formula is C15H21N3O3. The number of carbonyl (C=O) groups is 2. The summed E-state index contributed by atoms with van der Waals surface area (Å²) in [5.41, 5.74) is 2.85. The number of benzene rings is 1. The highest BCUT2D eigenvalue weighted by Crippen LogP contribution is 2.28. The van der Waals surface area contributed by atoms with Crippen molar-refractivity contribution in [3.05, 3.63) is 24.3 Å². The molecule has 114 valence electrons. The summed E-state index contributed by atoms with van der Waals surface area (Å²) in [5.74, 6) is 5.49. The number of nitrogens with one attached hydrogen (secondary N) is 1. The molecule has 1 aromatic rings. The van der Waals surface area contributed by atoms with Crippen LogP contribution >= 0.6 is 0 Å². The van der Waals surface area contributed by atoms with Crippen molar-refractivity contribution in [2.45, 2.75) is 20.3 Å². The number of carbonyl (C=O) groups excluding carboxylic acids is 2. The number of amides is 2. The van der Waals surface area contributed by atoms with Crippen molar-refractivity contribution >= 4 is 17.5 Å². The summed E-state index contributed by atoms with van der Waals surface area (Å²) in [6.07, 6.45) is 0.181. The van der Waals surface area contributed by atoms with E-state index in [1.54, 1.807) is 4.90 Å². The SMILES string of the molecule is CC(C)COc1cccc(N2CC(C(=O)NN)CC2=O)c1. The molecule has 2 rings (SSSR count). The van der Waals surface area contributed by atoms with Crippen molar-refractivity contribution in [1.29, 1.82) is 0 Å². The third-order valence-electron chi connectivity index (χ3n) is 3.35. The van der Waals surface area contributed by atoms with Crippen LogP contribution in [0.4, 0.5) is 5.69 Å². The fourth-order valence-corrected chi connectivity index (χ4v) is 2.25. The molecule has 1 saturated heterocycles. The van der Waals surface area contributed by atoms with Gasteiger partial charge in [-0.1, -0.05) is 19.9 Å². The molecule has 0 saturated carbocycles. The second-order valence-electron chi connectivity index (χ2n) is 5.62. The van der Waals surface area contributed by atoms with Crippen molar-refractivity contribution in [2.75, 3.05) is 18.1 Å². The Morgan fingerprint density at radius 2 is 2.29 bits per heavy atom. The Kier molecular flexibility index (Phi) is 4.80. The Bertz CT molecular complexity index is 531. The zero-order valence-electron chi connectivity index (χ0n) is 12.3. The minimum atomic E-state index is -0.400. The fraction of sp³-hybridized carbons (Fsp3) is 0.467. The lowest BCUT2D eigenvalue weighted by Gasteiger charge is -2.18. The van der Waals surface area contributed by atoms with E-state index in [1.165, 1.54) is 0 Å². The molecule has 1 atom stereocenters. The van der Waals surface area contributed by atoms with Gasteiger partial charge < -0.3 is 9.64 Å². The first-order chi connectivity index (χ1) is 10.0. The Hall–Kier alpha value is -2.08. The topological polar surface area (TPSA) is 84.7 Å². The van der Waals surface area contributed by atoms with Gasteiger partial charge >= 0.3 is 0 Å². The first-order valence-corrected chi connectivity index (χ1v) is 7.05. The lowest BCUT2D eigenvalue weighted by atomic mass is 10.1. The summed E-state index contributed by atoms with van der Waals surface area (Å²) in [4.78, 5) is 25.2. The third-order valence-corrected chi connectivity index (χ3v) is 3.35. The van der Waals surface area contributed by atoms with E-state index in [0.29, 0.717) is 19.1 Å². The molecule has 6 nitrogen and oxygen atoms in total. The van der Waals surface area contributed by atoms with E-state index in [9.17, 15) is 9.59 Å². The van der Waals surface area contributed by atoms with Crippen LogP contribution in [0.2, 0.25) is 0 Å². The number of nitrogens with zero attached hydrogens (tertiary/aromatic N) is 1.